The van der Waals surface area contributed by atoms with Crippen molar-refractivity contribution in [3.63, 3.8) is 0 Å². The molecular formula is C28H25N9O2. The van der Waals surface area contributed by atoms with Gasteiger partial charge in [-0.2, -0.15) is 10.2 Å². The quantitative estimate of drug-likeness (QED) is 0.197. The number of benzene rings is 2. The lowest BCUT2D eigenvalue weighted by atomic mass is 10.1. The fourth-order valence-corrected chi connectivity index (χ4v) is 4.09. The van der Waals surface area contributed by atoms with Crippen molar-refractivity contribution in [2.45, 2.75) is 19.9 Å². The van der Waals surface area contributed by atoms with Crippen LogP contribution in [0, 0.1) is 0 Å². The van der Waals surface area contributed by atoms with Gasteiger partial charge in [0.1, 0.15) is 17.2 Å². The fourth-order valence-electron chi connectivity index (χ4n) is 4.09. The highest BCUT2D eigenvalue weighted by Gasteiger charge is 2.16. The molecule has 0 unspecified atom stereocenters. The highest BCUT2D eigenvalue weighted by Crippen LogP contribution is 2.30. The third-order valence-electron chi connectivity index (χ3n) is 6.08. The van der Waals surface area contributed by atoms with Crippen LogP contribution in [0.4, 0.5) is 16.2 Å². The molecule has 39 heavy (non-hydrogen) atoms. The van der Waals surface area contributed by atoms with Crippen molar-refractivity contribution in [2.24, 2.45) is 0 Å². The Kier molecular flexibility index (Phi) is 6.21. The molecule has 6 rings (SSSR count). The van der Waals surface area contributed by atoms with Crippen molar-refractivity contribution in [3.8, 4) is 34.0 Å². The van der Waals surface area contributed by atoms with E-state index in [1.165, 1.54) is 0 Å². The van der Waals surface area contributed by atoms with Crippen LogP contribution in [0.25, 0.3) is 33.5 Å². The fraction of sp³-hybridized carbons (Fsp3) is 0.107. The summed E-state index contributed by atoms with van der Waals surface area (Å²) in [6.45, 7) is 4.07. The number of anilines is 2. The molecule has 11 heteroatoms. The van der Waals surface area contributed by atoms with Crippen LogP contribution >= 0.6 is 0 Å². The molecule has 0 aliphatic heterocycles. The molecule has 0 spiro atoms. The van der Waals surface area contributed by atoms with E-state index in [1.54, 1.807) is 55.2 Å². The number of carbonyl (C=O) groups excluding carboxylic acids is 1. The first-order valence-electron chi connectivity index (χ1n) is 12.4. The Balaban J connectivity index is 1.15. The first-order chi connectivity index (χ1) is 19.0. The summed E-state index contributed by atoms with van der Waals surface area (Å²) < 4.78 is 7.79. The van der Waals surface area contributed by atoms with E-state index in [2.05, 4.69) is 35.8 Å². The third kappa shape index (κ3) is 5.18. The summed E-state index contributed by atoms with van der Waals surface area (Å²) >= 11 is 0. The molecule has 6 aromatic rings. The van der Waals surface area contributed by atoms with Gasteiger partial charge in [0, 0.05) is 47.5 Å². The first-order valence-corrected chi connectivity index (χ1v) is 12.4. The normalized spacial score (nSPS) is 11.2. The van der Waals surface area contributed by atoms with Crippen LogP contribution < -0.4 is 15.4 Å². The zero-order chi connectivity index (χ0) is 26.8. The Labute approximate surface area is 223 Å². The number of nitrogens with zero attached hydrogens (tertiary/aromatic N) is 5. The van der Waals surface area contributed by atoms with Crippen LogP contribution in [-0.2, 0) is 0 Å². The van der Waals surface area contributed by atoms with Gasteiger partial charge in [-0.15, -0.1) is 0 Å². The maximum atomic E-state index is 12.9. The Morgan fingerprint density at radius 2 is 1.85 bits per heavy atom. The average Bonchev–Trinajstić information content (AvgIpc) is 3.71. The SMILES string of the molecule is CC(C)n1cc(NC(=O)Nc2ccc(Oc3ccnc(-c4cn[nH]c4)c3)cc2)c(-c2ccc3[nH]cnc3c2)n1. The average molecular weight is 520 g/mol. The largest absolute Gasteiger partial charge is 0.457 e. The number of carbonyl (C=O) groups is 1. The second-order valence-electron chi connectivity index (χ2n) is 9.17. The van der Waals surface area contributed by atoms with Crippen LogP contribution in [0.3, 0.4) is 0 Å². The maximum Gasteiger partial charge on any atom is 0.323 e. The van der Waals surface area contributed by atoms with Gasteiger partial charge in [0.2, 0.25) is 0 Å². The summed E-state index contributed by atoms with van der Waals surface area (Å²) in [5, 5.41) is 17.3. The summed E-state index contributed by atoms with van der Waals surface area (Å²) in [5.41, 5.74) is 6.12. The molecule has 11 nitrogen and oxygen atoms in total. The van der Waals surface area contributed by atoms with Crippen molar-refractivity contribution in [1.29, 1.82) is 0 Å². The zero-order valence-electron chi connectivity index (χ0n) is 21.2. The summed E-state index contributed by atoms with van der Waals surface area (Å²) in [5.74, 6) is 1.27. The van der Waals surface area contributed by atoms with Crippen LogP contribution in [0.1, 0.15) is 19.9 Å². The van der Waals surface area contributed by atoms with Gasteiger partial charge < -0.3 is 20.4 Å². The van der Waals surface area contributed by atoms with E-state index < -0.39 is 0 Å². The van der Waals surface area contributed by atoms with E-state index in [0.29, 0.717) is 28.6 Å². The highest BCUT2D eigenvalue weighted by atomic mass is 16.5. The molecule has 4 N–H and O–H groups in total. The van der Waals surface area contributed by atoms with Gasteiger partial charge >= 0.3 is 6.03 Å². The van der Waals surface area contributed by atoms with Crippen molar-refractivity contribution < 1.29 is 9.53 Å². The number of nitrogens with one attached hydrogen (secondary N) is 4. The number of hydrogen-bond donors (Lipinski definition) is 4. The molecule has 0 radical (unpaired) electrons. The topological polar surface area (TPSA) is 138 Å². The number of ether oxygens (including phenoxy) is 1. The molecule has 0 fully saturated rings. The molecule has 2 amide bonds. The molecule has 2 aromatic carbocycles. The monoisotopic (exact) mass is 519 g/mol. The van der Waals surface area contributed by atoms with Gasteiger partial charge in [-0.1, -0.05) is 6.07 Å². The molecule has 4 aromatic heterocycles. The zero-order valence-corrected chi connectivity index (χ0v) is 21.2. The van der Waals surface area contributed by atoms with Crippen LogP contribution in [0.5, 0.6) is 11.5 Å². The summed E-state index contributed by atoms with van der Waals surface area (Å²) in [7, 11) is 0. The molecule has 0 bridgehead atoms. The van der Waals surface area contributed by atoms with Gasteiger partial charge in [-0.3, -0.25) is 14.8 Å². The van der Waals surface area contributed by atoms with E-state index in [4.69, 9.17) is 9.84 Å². The van der Waals surface area contributed by atoms with Crippen molar-refractivity contribution >= 4 is 28.4 Å². The predicted octanol–water partition coefficient (Wildman–Crippen LogP) is 6.23. The number of imidazole rings is 1. The van der Waals surface area contributed by atoms with Gasteiger partial charge in [-0.05, 0) is 56.3 Å². The minimum Gasteiger partial charge on any atom is -0.457 e. The second kappa shape index (κ2) is 10.1. The maximum absolute atomic E-state index is 12.9. The summed E-state index contributed by atoms with van der Waals surface area (Å²) in [6, 6.07) is 16.3. The number of pyridine rings is 1. The smallest absolute Gasteiger partial charge is 0.323 e. The van der Waals surface area contributed by atoms with E-state index >= 15 is 0 Å². The lowest BCUT2D eigenvalue weighted by Crippen LogP contribution is -2.19. The number of fused-ring (bicyclic) bond motifs is 1. The van der Waals surface area contributed by atoms with Gasteiger partial charge in [0.05, 0.1) is 34.9 Å². The van der Waals surface area contributed by atoms with Crippen LogP contribution in [0.2, 0.25) is 0 Å². The standard InChI is InChI=1S/C28H25N9O2/c1-17(2)37-15-26(27(36-37)18-3-8-23-25(11-18)31-16-30-23)35-28(38)34-20-4-6-21(7-5-20)39-22-9-10-29-24(12-22)19-13-32-33-14-19/h3-17H,1-2H3,(H,30,31)(H,32,33)(H2,34,35,38). The number of aromatic amines is 2. The summed E-state index contributed by atoms with van der Waals surface area (Å²) in [6.07, 6.45) is 8.64. The molecule has 0 saturated carbocycles. The molecule has 0 atom stereocenters. The van der Waals surface area contributed by atoms with E-state index in [0.717, 1.165) is 27.9 Å². The first kappa shape index (κ1) is 23.9. The van der Waals surface area contributed by atoms with Gasteiger partial charge in [0.15, 0.2) is 0 Å². The number of urea groups is 1. The summed E-state index contributed by atoms with van der Waals surface area (Å²) in [4.78, 5) is 24.7. The van der Waals surface area contributed by atoms with E-state index in [9.17, 15) is 4.79 Å². The molecule has 0 aliphatic rings. The lowest BCUT2D eigenvalue weighted by Gasteiger charge is -2.10. The Bertz CT molecular complexity index is 1730. The van der Waals surface area contributed by atoms with E-state index in [1.807, 2.05) is 49.0 Å². The van der Waals surface area contributed by atoms with Crippen molar-refractivity contribution in [3.05, 3.63) is 85.7 Å². The minimum atomic E-state index is -0.382. The van der Waals surface area contributed by atoms with Crippen molar-refractivity contribution in [1.82, 2.24) is 34.9 Å². The lowest BCUT2D eigenvalue weighted by molar-refractivity contribution is 0.262. The number of aromatic nitrogens is 7. The molecular weight excluding hydrogens is 494 g/mol. The Morgan fingerprint density at radius 1 is 0.974 bits per heavy atom. The van der Waals surface area contributed by atoms with E-state index in [-0.39, 0.29) is 12.1 Å². The van der Waals surface area contributed by atoms with Crippen LogP contribution in [0.15, 0.2) is 85.7 Å². The second-order valence-corrected chi connectivity index (χ2v) is 9.17. The molecule has 194 valence electrons. The Morgan fingerprint density at radius 3 is 2.64 bits per heavy atom. The molecule has 4 heterocycles. The minimum absolute atomic E-state index is 0.125. The highest BCUT2D eigenvalue weighted by molar-refractivity contribution is 6.02. The molecule has 0 saturated heterocycles. The van der Waals surface area contributed by atoms with Gasteiger partial charge in [-0.25, -0.2) is 9.78 Å². The number of rotatable bonds is 7. The number of H-pyrrole nitrogens is 2. The van der Waals surface area contributed by atoms with Crippen LogP contribution in [-0.4, -0.2) is 41.0 Å². The van der Waals surface area contributed by atoms with Gasteiger partial charge in [0.25, 0.3) is 0 Å². The van der Waals surface area contributed by atoms with Crippen molar-refractivity contribution in [2.75, 3.05) is 10.6 Å². The Hall–Kier alpha value is -5.45. The number of amides is 2. The predicted molar refractivity (Wildman–Crippen MR) is 149 cm³/mol. The third-order valence-corrected chi connectivity index (χ3v) is 6.08. The number of hydrogen-bond acceptors (Lipinski definition) is 6. The molecule has 0 aliphatic carbocycles.